The highest BCUT2D eigenvalue weighted by Gasteiger charge is 2.41. The number of fused-ring (bicyclic) bond motifs is 4. The van der Waals surface area contributed by atoms with Gasteiger partial charge in [0.15, 0.2) is 17.5 Å². The molecule has 2 aliphatic heterocycles. The van der Waals surface area contributed by atoms with E-state index in [1.807, 2.05) is 78.3 Å². The zero-order valence-corrected chi connectivity index (χ0v) is 22.4. The van der Waals surface area contributed by atoms with Gasteiger partial charge in [0.25, 0.3) is 0 Å². The summed E-state index contributed by atoms with van der Waals surface area (Å²) < 4.78 is 1.92. The lowest BCUT2D eigenvalue weighted by molar-refractivity contribution is 0.815. The van der Waals surface area contributed by atoms with Crippen LogP contribution < -0.4 is 10.2 Å². The Kier molecular flexibility index (Phi) is 5.72. The van der Waals surface area contributed by atoms with E-state index in [0.717, 1.165) is 45.4 Å². The molecule has 7 rings (SSSR count). The van der Waals surface area contributed by atoms with Crippen molar-refractivity contribution in [1.29, 1.82) is 0 Å². The molecule has 0 saturated heterocycles. The molecule has 39 heavy (non-hydrogen) atoms. The molecule has 5 aromatic rings. The third-order valence-electron chi connectivity index (χ3n) is 6.88. The van der Waals surface area contributed by atoms with Gasteiger partial charge in [0.2, 0.25) is 0 Å². The SMILES string of the molecule is Cc1nn(-c2ccccc2)c2c1[C@@H](c1ccccc1)N1C(=N2)C(Nc2cc(Cl)cc(Cl)c2)=Nc2ccccc21. The van der Waals surface area contributed by atoms with Crippen molar-refractivity contribution in [3.63, 3.8) is 0 Å². The fourth-order valence-corrected chi connectivity index (χ4v) is 5.79. The number of anilines is 2. The van der Waals surface area contributed by atoms with Gasteiger partial charge in [-0.25, -0.2) is 14.7 Å². The topological polar surface area (TPSA) is 57.8 Å². The molecule has 0 fully saturated rings. The summed E-state index contributed by atoms with van der Waals surface area (Å²) in [6.45, 7) is 2.05. The molecule has 0 amide bonds. The molecule has 0 aliphatic carbocycles. The second-order valence-electron chi connectivity index (χ2n) is 9.42. The Balaban J connectivity index is 1.50. The van der Waals surface area contributed by atoms with Crippen molar-refractivity contribution in [3.05, 3.63) is 130 Å². The van der Waals surface area contributed by atoms with Crippen LogP contribution >= 0.6 is 23.2 Å². The van der Waals surface area contributed by atoms with Crippen LogP contribution in [0.4, 0.5) is 22.9 Å². The third-order valence-corrected chi connectivity index (χ3v) is 7.32. The van der Waals surface area contributed by atoms with E-state index >= 15 is 0 Å². The predicted molar refractivity (Wildman–Crippen MR) is 160 cm³/mol. The normalized spacial score (nSPS) is 15.6. The van der Waals surface area contributed by atoms with Crippen LogP contribution in [-0.4, -0.2) is 21.5 Å². The van der Waals surface area contributed by atoms with Gasteiger partial charge in [-0.2, -0.15) is 5.10 Å². The molecule has 190 valence electrons. The van der Waals surface area contributed by atoms with Crippen molar-refractivity contribution in [3.8, 4) is 5.69 Å². The summed E-state index contributed by atoms with van der Waals surface area (Å²) in [5, 5.41) is 9.49. The molecule has 4 aromatic carbocycles. The van der Waals surface area contributed by atoms with Crippen molar-refractivity contribution in [2.75, 3.05) is 10.2 Å². The fraction of sp³-hybridized carbons (Fsp3) is 0.0645. The maximum Gasteiger partial charge on any atom is 0.179 e. The molecule has 2 aliphatic rings. The number of amidine groups is 2. The lowest BCUT2D eigenvalue weighted by Crippen LogP contribution is -2.46. The number of nitrogens with one attached hydrogen (secondary N) is 1. The minimum absolute atomic E-state index is 0.178. The summed E-state index contributed by atoms with van der Waals surface area (Å²) in [4.78, 5) is 12.5. The standard InChI is InChI=1S/C31H22Cl2N6/c1-19-27-28(20-10-4-2-5-11-20)38-26-15-9-8-14-25(26)35-29(34-23-17-21(32)16-22(33)18-23)31(38)36-30(27)39(37-19)24-12-6-3-7-13-24/h2-18,28H,1H3,(H,34,35)/t28-/m1/s1. The molecular formula is C31H22Cl2N6. The van der Waals surface area contributed by atoms with Gasteiger partial charge in [-0.05, 0) is 55.0 Å². The van der Waals surface area contributed by atoms with Crippen molar-refractivity contribution < 1.29 is 0 Å². The summed E-state index contributed by atoms with van der Waals surface area (Å²) in [5.41, 5.74) is 6.57. The first-order valence-electron chi connectivity index (χ1n) is 12.6. The van der Waals surface area contributed by atoms with Gasteiger partial charge < -0.3 is 10.2 Å². The quantitative estimate of drug-likeness (QED) is 0.246. The largest absolute Gasteiger partial charge is 0.337 e. The molecule has 0 unspecified atom stereocenters. The highest BCUT2D eigenvalue weighted by molar-refractivity contribution is 6.52. The van der Waals surface area contributed by atoms with E-state index in [1.54, 1.807) is 6.07 Å². The van der Waals surface area contributed by atoms with E-state index in [1.165, 1.54) is 0 Å². The number of benzene rings is 4. The van der Waals surface area contributed by atoms with Crippen LogP contribution in [0.1, 0.15) is 22.9 Å². The van der Waals surface area contributed by atoms with Crippen LogP contribution in [0.25, 0.3) is 5.69 Å². The van der Waals surface area contributed by atoms with Crippen molar-refractivity contribution in [2.45, 2.75) is 13.0 Å². The Bertz CT molecular complexity index is 1760. The van der Waals surface area contributed by atoms with Gasteiger partial charge in [0.1, 0.15) is 0 Å². The summed E-state index contributed by atoms with van der Waals surface area (Å²) >= 11 is 12.7. The maximum absolute atomic E-state index is 6.33. The molecule has 0 bridgehead atoms. The minimum Gasteiger partial charge on any atom is -0.337 e. The number of halogens is 2. The van der Waals surface area contributed by atoms with Gasteiger partial charge in [0, 0.05) is 21.3 Å². The molecule has 0 radical (unpaired) electrons. The maximum atomic E-state index is 6.33. The first kappa shape index (κ1) is 23.7. The summed E-state index contributed by atoms with van der Waals surface area (Å²) in [6, 6.07) is 33.8. The van der Waals surface area contributed by atoms with Crippen LogP contribution in [0.15, 0.2) is 113 Å². The molecular weight excluding hydrogens is 527 g/mol. The first-order chi connectivity index (χ1) is 19.1. The van der Waals surface area contributed by atoms with Crippen LogP contribution in [-0.2, 0) is 0 Å². The van der Waals surface area contributed by atoms with Crippen molar-refractivity contribution in [1.82, 2.24) is 9.78 Å². The van der Waals surface area contributed by atoms with Crippen molar-refractivity contribution >= 4 is 57.8 Å². The number of aryl methyl sites for hydroxylation is 1. The molecule has 0 saturated carbocycles. The number of aliphatic imine (C=N–C) groups is 2. The van der Waals surface area contributed by atoms with E-state index in [9.17, 15) is 0 Å². The number of hydrogen-bond acceptors (Lipinski definition) is 5. The molecule has 0 spiro atoms. The monoisotopic (exact) mass is 548 g/mol. The van der Waals surface area contributed by atoms with Gasteiger partial charge in [-0.1, -0.05) is 83.9 Å². The fourth-order valence-electron chi connectivity index (χ4n) is 5.26. The van der Waals surface area contributed by atoms with Gasteiger partial charge in [-0.3, -0.25) is 0 Å². The van der Waals surface area contributed by atoms with Crippen LogP contribution in [0.5, 0.6) is 0 Å². The Hall–Kier alpha value is -4.39. The Morgan fingerprint density at radius 2 is 1.44 bits per heavy atom. The Morgan fingerprint density at radius 1 is 0.769 bits per heavy atom. The number of hydrogen-bond donors (Lipinski definition) is 1. The Labute approximate surface area is 235 Å². The molecule has 3 heterocycles. The molecule has 1 N–H and O–H groups in total. The predicted octanol–water partition coefficient (Wildman–Crippen LogP) is 8.28. The number of rotatable bonds is 3. The lowest BCUT2D eigenvalue weighted by atomic mass is 9.93. The molecule has 1 atom stereocenters. The number of aromatic nitrogens is 2. The molecule has 6 nitrogen and oxygen atoms in total. The lowest BCUT2D eigenvalue weighted by Gasteiger charge is -2.40. The highest BCUT2D eigenvalue weighted by atomic mass is 35.5. The highest BCUT2D eigenvalue weighted by Crippen LogP contribution is 2.48. The summed E-state index contributed by atoms with van der Waals surface area (Å²) in [6.07, 6.45) is 0. The van der Waals surface area contributed by atoms with Gasteiger partial charge in [0.05, 0.1) is 28.8 Å². The third kappa shape index (κ3) is 4.09. The second kappa shape index (κ2) is 9.42. The molecule has 1 aromatic heterocycles. The molecule has 8 heteroatoms. The minimum atomic E-state index is -0.178. The summed E-state index contributed by atoms with van der Waals surface area (Å²) in [7, 11) is 0. The number of nitrogens with zero attached hydrogens (tertiary/aromatic N) is 5. The van der Waals surface area contributed by atoms with E-state index in [-0.39, 0.29) is 6.04 Å². The van der Waals surface area contributed by atoms with E-state index < -0.39 is 0 Å². The van der Waals surface area contributed by atoms with E-state index in [4.69, 9.17) is 38.3 Å². The smallest absolute Gasteiger partial charge is 0.179 e. The average Bonchev–Trinajstić information content (AvgIpc) is 3.28. The van der Waals surface area contributed by atoms with E-state index in [2.05, 4.69) is 40.5 Å². The van der Waals surface area contributed by atoms with Crippen LogP contribution in [0.3, 0.4) is 0 Å². The van der Waals surface area contributed by atoms with Crippen LogP contribution in [0, 0.1) is 6.92 Å². The van der Waals surface area contributed by atoms with Gasteiger partial charge in [-0.15, -0.1) is 0 Å². The van der Waals surface area contributed by atoms with Crippen LogP contribution in [0.2, 0.25) is 10.0 Å². The average molecular weight is 549 g/mol. The summed E-state index contributed by atoms with van der Waals surface area (Å²) in [5.74, 6) is 2.05. The Morgan fingerprint density at radius 3 is 2.18 bits per heavy atom. The second-order valence-corrected chi connectivity index (χ2v) is 10.3. The van der Waals surface area contributed by atoms with Gasteiger partial charge >= 0.3 is 0 Å². The zero-order valence-electron chi connectivity index (χ0n) is 20.9. The van der Waals surface area contributed by atoms with Crippen molar-refractivity contribution in [2.24, 2.45) is 9.98 Å². The van der Waals surface area contributed by atoms with E-state index in [0.29, 0.717) is 21.7 Å². The first-order valence-corrected chi connectivity index (χ1v) is 13.3. The zero-order chi connectivity index (χ0) is 26.5. The number of para-hydroxylation sites is 3.